The minimum atomic E-state index is -0.276. The van der Waals surface area contributed by atoms with Crippen LogP contribution in [-0.2, 0) is 11.3 Å². The van der Waals surface area contributed by atoms with Crippen LogP contribution in [0.4, 0.5) is 0 Å². The van der Waals surface area contributed by atoms with E-state index in [1.54, 1.807) is 6.07 Å². The third kappa shape index (κ3) is 3.08. The third-order valence-electron chi connectivity index (χ3n) is 1.59. The van der Waals surface area contributed by atoms with Crippen LogP contribution in [0.2, 0.25) is 0 Å². The van der Waals surface area contributed by atoms with Crippen molar-refractivity contribution < 1.29 is 4.79 Å². The Morgan fingerprint density at radius 2 is 2.40 bits per heavy atom. The summed E-state index contributed by atoms with van der Waals surface area (Å²) in [5, 5.41) is 26.4. The van der Waals surface area contributed by atoms with Gasteiger partial charge in [-0.2, -0.15) is 10.5 Å². The molecule has 0 aliphatic heterocycles. The molecule has 0 saturated heterocycles. The van der Waals surface area contributed by atoms with Crippen LogP contribution in [0.3, 0.4) is 0 Å². The molecule has 0 fully saturated rings. The van der Waals surface area contributed by atoms with E-state index in [2.05, 4.69) is 15.5 Å². The number of carbonyl (C=O) groups is 1. The summed E-state index contributed by atoms with van der Waals surface area (Å²) in [6, 6.07) is 3.71. The Kier molecular flexibility index (Phi) is 3.80. The number of nitrogens with zero attached hydrogens (tertiary/aromatic N) is 5. The quantitative estimate of drug-likeness (QED) is 0.644. The molecule has 15 heavy (non-hydrogen) atoms. The first-order chi connectivity index (χ1) is 7.27. The Bertz CT molecular complexity index is 423. The van der Waals surface area contributed by atoms with Crippen LogP contribution in [0.1, 0.15) is 12.2 Å². The molecular formula is C8H8N6O. The Labute approximate surface area is 85.9 Å². The molecule has 0 atom stereocenters. The molecule has 0 unspecified atom stereocenters. The summed E-state index contributed by atoms with van der Waals surface area (Å²) in [6.45, 7) is 0.292. The molecule has 0 spiro atoms. The summed E-state index contributed by atoms with van der Waals surface area (Å²) in [5.74, 6) is -0.188. The van der Waals surface area contributed by atoms with E-state index < -0.39 is 0 Å². The lowest BCUT2D eigenvalue weighted by atomic mass is 10.4. The van der Waals surface area contributed by atoms with E-state index in [1.165, 1.54) is 10.9 Å². The van der Waals surface area contributed by atoms with Gasteiger partial charge in [-0.15, -0.1) is 10.2 Å². The fourth-order valence-corrected chi connectivity index (χ4v) is 0.926. The Morgan fingerprint density at radius 3 is 3.07 bits per heavy atom. The van der Waals surface area contributed by atoms with Crippen molar-refractivity contribution in [2.24, 2.45) is 0 Å². The van der Waals surface area contributed by atoms with Gasteiger partial charge in [0.1, 0.15) is 18.9 Å². The van der Waals surface area contributed by atoms with Gasteiger partial charge < -0.3 is 5.32 Å². The molecule has 0 aromatic carbocycles. The van der Waals surface area contributed by atoms with Crippen molar-refractivity contribution in [3.63, 3.8) is 0 Å². The molecule has 0 bridgehead atoms. The Morgan fingerprint density at radius 1 is 1.60 bits per heavy atom. The van der Waals surface area contributed by atoms with Crippen molar-refractivity contribution in [3.8, 4) is 12.1 Å². The highest BCUT2D eigenvalue weighted by Gasteiger charge is 2.06. The molecule has 1 aromatic heterocycles. The minimum absolute atomic E-state index is 0.0126. The van der Waals surface area contributed by atoms with Crippen molar-refractivity contribution in [3.05, 3.63) is 12.2 Å². The van der Waals surface area contributed by atoms with Crippen molar-refractivity contribution in [1.29, 1.82) is 10.5 Å². The molecule has 1 N–H and O–H groups in total. The lowest BCUT2D eigenvalue weighted by molar-refractivity contribution is -0.121. The number of nitriles is 2. The van der Waals surface area contributed by atoms with E-state index in [-0.39, 0.29) is 24.7 Å². The van der Waals surface area contributed by atoms with E-state index in [9.17, 15) is 4.79 Å². The fourth-order valence-electron chi connectivity index (χ4n) is 0.926. The van der Waals surface area contributed by atoms with Crippen LogP contribution in [0.25, 0.3) is 0 Å². The van der Waals surface area contributed by atoms with Gasteiger partial charge in [0.15, 0.2) is 0 Å². The standard InChI is InChI=1S/C8H8N6O/c9-2-1-3-11-8(15)5-14-6-12-13-7(14)4-10/h6H,1,3,5H2,(H,11,15). The highest BCUT2D eigenvalue weighted by atomic mass is 16.1. The Balaban J connectivity index is 2.46. The van der Waals surface area contributed by atoms with E-state index in [0.717, 1.165) is 0 Å². The predicted molar refractivity (Wildman–Crippen MR) is 48.0 cm³/mol. The van der Waals surface area contributed by atoms with Gasteiger partial charge in [-0.3, -0.25) is 9.36 Å². The molecule has 7 heteroatoms. The minimum Gasteiger partial charge on any atom is -0.354 e. The van der Waals surface area contributed by atoms with Crippen LogP contribution < -0.4 is 5.32 Å². The number of hydrogen-bond acceptors (Lipinski definition) is 5. The molecule has 0 saturated carbocycles. The molecule has 0 aliphatic carbocycles. The smallest absolute Gasteiger partial charge is 0.240 e. The van der Waals surface area contributed by atoms with Crippen LogP contribution in [0, 0.1) is 22.7 Å². The molecule has 0 aliphatic rings. The predicted octanol–water partition coefficient (Wildman–Crippen LogP) is -0.820. The second-order valence-corrected chi connectivity index (χ2v) is 2.65. The lowest BCUT2D eigenvalue weighted by Crippen LogP contribution is -2.28. The molecule has 1 aromatic rings. The topological polar surface area (TPSA) is 107 Å². The van der Waals surface area contributed by atoms with E-state index in [0.29, 0.717) is 6.54 Å². The molecule has 7 nitrogen and oxygen atoms in total. The summed E-state index contributed by atoms with van der Waals surface area (Å²) in [4.78, 5) is 11.2. The summed E-state index contributed by atoms with van der Waals surface area (Å²) >= 11 is 0. The fraction of sp³-hybridized carbons (Fsp3) is 0.375. The average molecular weight is 204 g/mol. The van der Waals surface area contributed by atoms with Gasteiger partial charge in [0, 0.05) is 6.54 Å². The lowest BCUT2D eigenvalue weighted by Gasteiger charge is -2.02. The van der Waals surface area contributed by atoms with Crippen molar-refractivity contribution in [2.75, 3.05) is 6.54 Å². The van der Waals surface area contributed by atoms with Crippen LogP contribution in [0.15, 0.2) is 6.33 Å². The first-order valence-electron chi connectivity index (χ1n) is 4.19. The maximum Gasteiger partial charge on any atom is 0.240 e. The van der Waals surface area contributed by atoms with Crippen LogP contribution >= 0.6 is 0 Å². The molecule has 0 radical (unpaired) electrons. The van der Waals surface area contributed by atoms with Crippen molar-refractivity contribution >= 4 is 5.91 Å². The monoisotopic (exact) mass is 204 g/mol. The molecule has 1 amide bonds. The van der Waals surface area contributed by atoms with Gasteiger partial charge in [0.2, 0.25) is 11.7 Å². The normalized spacial score (nSPS) is 8.93. The van der Waals surface area contributed by atoms with Gasteiger partial charge in [0.05, 0.1) is 12.5 Å². The highest BCUT2D eigenvalue weighted by molar-refractivity contribution is 5.75. The molecule has 1 rings (SSSR count). The zero-order valence-corrected chi connectivity index (χ0v) is 7.84. The number of aromatic nitrogens is 3. The van der Waals surface area contributed by atoms with E-state index >= 15 is 0 Å². The SMILES string of the molecule is N#CCCNC(=O)Cn1cnnc1C#N. The van der Waals surface area contributed by atoms with Gasteiger partial charge in [-0.05, 0) is 0 Å². The van der Waals surface area contributed by atoms with Crippen LogP contribution in [0.5, 0.6) is 0 Å². The zero-order chi connectivity index (χ0) is 11.1. The number of rotatable bonds is 4. The second-order valence-electron chi connectivity index (χ2n) is 2.65. The van der Waals surface area contributed by atoms with Gasteiger partial charge in [-0.1, -0.05) is 0 Å². The maximum atomic E-state index is 11.2. The van der Waals surface area contributed by atoms with Crippen molar-refractivity contribution in [2.45, 2.75) is 13.0 Å². The molecule has 76 valence electrons. The van der Waals surface area contributed by atoms with Gasteiger partial charge in [-0.25, -0.2) is 0 Å². The number of amides is 1. The number of hydrogen-bond donors (Lipinski definition) is 1. The van der Waals surface area contributed by atoms with Crippen molar-refractivity contribution in [1.82, 2.24) is 20.1 Å². The summed E-state index contributed by atoms with van der Waals surface area (Å²) < 4.78 is 1.34. The number of carbonyl (C=O) groups excluding carboxylic acids is 1. The first-order valence-corrected chi connectivity index (χ1v) is 4.19. The van der Waals surface area contributed by atoms with E-state index in [1.807, 2.05) is 6.07 Å². The summed E-state index contributed by atoms with van der Waals surface area (Å²) in [6.07, 6.45) is 1.57. The van der Waals surface area contributed by atoms with Crippen LogP contribution in [-0.4, -0.2) is 27.2 Å². The van der Waals surface area contributed by atoms with E-state index in [4.69, 9.17) is 10.5 Å². The molecule has 1 heterocycles. The first kappa shape index (κ1) is 10.7. The summed E-state index contributed by atoms with van der Waals surface area (Å²) in [7, 11) is 0. The Hall–Kier alpha value is -2.41. The second kappa shape index (κ2) is 5.35. The molecular weight excluding hydrogens is 196 g/mol. The third-order valence-corrected chi connectivity index (χ3v) is 1.59. The van der Waals surface area contributed by atoms with Gasteiger partial charge in [0.25, 0.3) is 0 Å². The average Bonchev–Trinajstić information content (AvgIpc) is 2.65. The highest BCUT2D eigenvalue weighted by Crippen LogP contribution is 1.91. The number of nitrogens with one attached hydrogen (secondary N) is 1. The maximum absolute atomic E-state index is 11.2. The largest absolute Gasteiger partial charge is 0.354 e. The summed E-state index contributed by atoms with van der Waals surface area (Å²) in [5.41, 5.74) is 0. The van der Waals surface area contributed by atoms with Gasteiger partial charge >= 0.3 is 0 Å². The zero-order valence-electron chi connectivity index (χ0n) is 7.84.